The molecule has 0 atom stereocenters. The van der Waals surface area contributed by atoms with Crippen LogP contribution < -0.4 is 4.90 Å². The van der Waals surface area contributed by atoms with Crippen molar-refractivity contribution < 1.29 is 8.83 Å². The summed E-state index contributed by atoms with van der Waals surface area (Å²) in [6, 6.07) is 57.8. The summed E-state index contributed by atoms with van der Waals surface area (Å²) in [6.45, 7) is 0. The van der Waals surface area contributed by atoms with E-state index in [1.165, 1.54) is 5.39 Å². The molecule has 0 aliphatic heterocycles. The molecule has 3 nitrogen and oxygen atoms in total. The second kappa shape index (κ2) is 10.1. The van der Waals surface area contributed by atoms with Gasteiger partial charge >= 0.3 is 0 Å². The number of rotatable bonds is 4. The van der Waals surface area contributed by atoms with E-state index in [2.05, 4.69) is 157 Å². The predicted octanol–water partition coefficient (Wildman–Crippen LogP) is 12.9. The van der Waals surface area contributed by atoms with Crippen molar-refractivity contribution >= 4 is 82.5 Å². The number of hydrogen-bond acceptors (Lipinski definition) is 3. The van der Waals surface area contributed by atoms with E-state index in [1.54, 1.807) is 0 Å². The SMILES string of the molecule is c1ccc(-c2ccccc2N(c2ccc3c(ccc4c5ccccc5oc34)c2)c2ccc3c(c2)oc2c4ccccc4ccc32)cc1. The molecule has 0 aliphatic carbocycles. The third kappa shape index (κ3) is 4.00. The van der Waals surface area contributed by atoms with Crippen LogP contribution in [-0.2, 0) is 0 Å². The van der Waals surface area contributed by atoms with Crippen LogP contribution in [0.3, 0.4) is 0 Å². The van der Waals surface area contributed by atoms with E-state index in [0.717, 1.165) is 88.2 Å². The predicted molar refractivity (Wildman–Crippen MR) is 196 cm³/mol. The first kappa shape index (κ1) is 26.0. The molecule has 220 valence electrons. The van der Waals surface area contributed by atoms with Crippen molar-refractivity contribution in [3.8, 4) is 11.1 Å². The topological polar surface area (TPSA) is 29.5 Å². The number of fused-ring (bicyclic) bond motifs is 10. The van der Waals surface area contributed by atoms with Gasteiger partial charge in [0.1, 0.15) is 22.3 Å². The Morgan fingerprint density at radius 3 is 1.79 bits per heavy atom. The Labute approximate surface area is 270 Å². The van der Waals surface area contributed by atoms with Gasteiger partial charge in [-0.15, -0.1) is 0 Å². The number of para-hydroxylation sites is 2. The van der Waals surface area contributed by atoms with E-state index < -0.39 is 0 Å². The maximum atomic E-state index is 6.65. The largest absolute Gasteiger partial charge is 0.455 e. The zero-order valence-electron chi connectivity index (χ0n) is 25.4. The quantitative estimate of drug-likeness (QED) is 0.201. The van der Waals surface area contributed by atoms with Gasteiger partial charge in [0, 0.05) is 55.3 Å². The molecular formula is C44H27NO2. The Balaban J connectivity index is 1.21. The second-order valence-corrected chi connectivity index (χ2v) is 12.1. The van der Waals surface area contributed by atoms with Gasteiger partial charge in [0.2, 0.25) is 0 Å². The van der Waals surface area contributed by atoms with Gasteiger partial charge < -0.3 is 13.7 Å². The van der Waals surface area contributed by atoms with Crippen LogP contribution in [0.25, 0.3) is 76.5 Å². The molecule has 8 aromatic carbocycles. The average Bonchev–Trinajstić information content (AvgIpc) is 3.71. The first-order valence-corrected chi connectivity index (χ1v) is 15.9. The highest BCUT2D eigenvalue weighted by Crippen LogP contribution is 2.44. The minimum atomic E-state index is 0.862. The summed E-state index contributed by atoms with van der Waals surface area (Å²) < 4.78 is 13.0. The van der Waals surface area contributed by atoms with Gasteiger partial charge in [-0.05, 0) is 70.9 Å². The van der Waals surface area contributed by atoms with Crippen LogP contribution in [0.5, 0.6) is 0 Å². The molecule has 10 aromatic rings. The van der Waals surface area contributed by atoms with E-state index in [9.17, 15) is 0 Å². The van der Waals surface area contributed by atoms with E-state index >= 15 is 0 Å². The smallest absolute Gasteiger partial charge is 0.143 e. The molecule has 2 heterocycles. The fourth-order valence-electron chi connectivity index (χ4n) is 7.23. The van der Waals surface area contributed by atoms with Crippen LogP contribution in [0, 0.1) is 0 Å². The Hall–Kier alpha value is -6.32. The van der Waals surface area contributed by atoms with Crippen molar-refractivity contribution in [2.24, 2.45) is 0 Å². The molecule has 0 amide bonds. The zero-order valence-corrected chi connectivity index (χ0v) is 25.4. The summed E-state index contributed by atoms with van der Waals surface area (Å²) >= 11 is 0. The molecule has 0 spiro atoms. The molecule has 0 saturated heterocycles. The molecule has 3 heteroatoms. The molecule has 0 fully saturated rings. The summed E-state index contributed by atoms with van der Waals surface area (Å²) in [5, 5.41) is 9.02. The minimum Gasteiger partial charge on any atom is -0.455 e. The lowest BCUT2D eigenvalue weighted by atomic mass is 10.0. The molecule has 0 saturated carbocycles. The Morgan fingerprint density at radius 2 is 0.936 bits per heavy atom. The third-order valence-corrected chi connectivity index (χ3v) is 9.44. The number of furan rings is 2. The summed E-state index contributed by atoms with van der Waals surface area (Å²) in [4.78, 5) is 2.34. The van der Waals surface area contributed by atoms with E-state index in [-0.39, 0.29) is 0 Å². The molecule has 0 aliphatic rings. The standard InChI is InChI=1S/C44H27NO2/c1-2-10-28(11-3-1)33-13-6-8-16-40(33)45(31-20-24-35-30(26-31)19-23-38-36-15-7-9-17-41(36)46-44(35)38)32-21-25-37-39-22-18-29-12-4-5-14-34(29)43(39)47-42(37)27-32/h1-27H. The summed E-state index contributed by atoms with van der Waals surface area (Å²) in [6.07, 6.45) is 0. The normalized spacial score (nSPS) is 11.8. The van der Waals surface area contributed by atoms with Gasteiger partial charge in [0.05, 0.1) is 5.69 Å². The van der Waals surface area contributed by atoms with Gasteiger partial charge in [0.25, 0.3) is 0 Å². The first-order chi connectivity index (χ1) is 23.3. The lowest BCUT2D eigenvalue weighted by Gasteiger charge is -2.28. The maximum Gasteiger partial charge on any atom is 0.143 e. The molecule has 0 bridgehead atoms. The summed E-state index contributed by atoms with van der Waals surface area (Å²) in [5.41, 5.74) is 9.08. The van der Waals surface area contributed by atoms with Gasteiger partial charge in [-0.25, -0.2) is 0 Å². The molecule has 2 aromatic heterocycles. The number of anilines is 3. The van der Waals surface area contributed by atoms with Gasteiger partial charge in [-0.1, -0.05) is 103 Å². The minimum absolute atomic E-state index is 0.862. The van der Waals surface area contributed by atoms with Crippen molar-refractivity contribution in [1.82, 2.24) is 0 Å². The van der Waals surface area contributed by atoms with Gasteiger partial charge in [0.15, 0.2) is 0 Å². The van der Waals surface area contributed by atoms with Crippen molar-refractivity contribution in [1.29, 1.82) is 0 Å². The summed E-state index contributed by atoms with van der Waals surface area (Å²) in [5.74, 6) is 0. The molecular weight excluding hydrogens is 574 g/mol. The monoisotopic (exact) mass is 601 g/mol. The lowest BCUT2D eigenvalue weighted by Crippen LogP contribution is -2.11. The molecule has 0 N–H and O–H groups in total. The number of hydrogen-bond donors (Lipinski definition) is 0. The number of benzene rings is 8. The van der Waals surface area contributed by atoms with Gasteiger partial charge in [-0.3, -0.25) is 0 Å². The van der Waals surface area contributed by atoms with E-state index in [4.69, 9.17) is 8.83 Å². The van der Waals surface area contributed by atoms with Crippen molar-refractivity contribution in [2.75, 3.05) is 4.90 Å². The molecule has 10 rings (SSSR count). The van der Waals surface area contributed by atoms with E-state index in [1.807, 2.05) is 12.1 Å². The Kier molecular flexibility index (Phi) is 5.57. The molecule has 47 heavy (non-hydrogen) atoms. The fraction of sp³-hybridized carbons (Fsp3) is 0. The Bertz CT molecular complexity index is 2810. The first-order valence-electron chi connectivity index (χ1n) is 15.9. The van der Waals surface area contributed by atoms with Crippen molar-refractivity contribution in [3.63, 3.8) is 0 Å². The second-order valence-electron chi connectivity index (χ2n) is 12.1. The molecule has 0 radical (unpaired) electrons. The van der Waals surface area contributed by atoms with E-state index in [0.29, 0.717) is 0 Å². The molecule has 0 unspecified atom stereocenters. The van der Waals surface area contributed by atoms with Crippen LogP contribution in [0.4, 0.5) is 17.1 Å². The highest BCUT2D eigenvalue weighted by molar-refractivity contribution is 6.17. The van der Waals surface area contributed by atoms with Crippen LogP contribution in [0.1, 0.15) is 0 Å². The number of nitrogens with zero attached hydrogens (tertiary/aromatic N) is 1. The Morgan fingerprint density at radius 1 is 0.362 bits per heavy atom. The summed E-state index contributed by atoms with van der Waals surface area (Å²) in [7, 11) is 0. The lowest BCUT2D eigenvalue weighted by molar-refractivity contribution is 0.672. The van der Waals surface area contributed by atoms with Crippen LogP contribution in [-0.4, -0.2) is 0 Å². The zero-order chi connectivity index (χ0) is 30.9. The van der Waals surface area contributed by atoms with Crippen LogP contribution in [0.15, 0.2) is 173 Å². The van der Waals surface area contributed by atoms with Crippen molar-refractivity contribution in [3.05, 3.63) is 164 Å². The average molecular weight is 602 g/mol. The third-order valence-electron chi connectivity index (χ3n) is 9.44. The highest BCUT2D eigenvalue weighted by Gasteiger charge is 2.20. The fourth-order valence-corrected chi connectivity index (χ4v) is 7.23. The van der Waals surface area contributed by atoms with Crippen molar-refractivity contribution in [2.45, 2.75) is 0 Å². The van der Waals surface area contributed by atoms with Crippen LogP contribution in [0.2, 0.25) is 0 Å². The van der Waals surface area contributed by atoms with Crippen LogP contribution >= 0.6 is 0 Å². The van der Waals surface area contributed by atoms with Gasteiger partial charge in [-0.2, -0.15) is 0 Å². The highest BCUT2D eigenvalue weighted by atomic mass is 16.3. The maximum absolute atomic E-state index is 6.65.